The zero-order valence-corrected chi connectivity index (χ0v) is 16.1. The number of anilines is 1. The smallest absolute Gasteiger partial charge is 0.419 e. The SMILES string of the molecule is CC(C)(C)OC(=O)N(C[C@@H]1[C@H]2CN(c3ccc(Br)cn3)C[C@@H]12)C(=O)O. The van der Waals surface area contributed by atoms with E-state index in [2.05, 4.69) is 25.8 Å². The Kier molecular flexibility index (Phi) is 4.66. The van der Waals surface area contributed by atoms with Crippen LogP contribution >= 0.6 is 15.9 Å². The predicted octanol–water partition coefficient (Wildman–Crippen LogP) is 3.44. The highest BCUT2D eigenvalue weighted by molar-refractivity contribution is 9.10. The number of hydrogen-bond acceptors (Lipinski definition) is 5. The summed E-state index contributed by atoms with van der Waals surface area (Å²) in [7, 11) is 0. The van der Waals surface area contributed by atoms with Gasteiger partial charge in [-0.3, -0.25) is 0 Å². The maximum absolute atomic E-state index is 12.1. The fourth-order valence-electron chi connectivity index (χ4n) is 3.42. The molecule has 0 radical (unpaired) electrons. The summed E-state index contributed by atoms with van der Waals surface area (Å²) in [5.74, 6) is 1.93. The topological polar surface area (TPSA) is 83.0 Å². The minimum Gasteiger partial charge on any atom is -0.465 e. The number of amides is 2. The normalized spacial score (nSPS) is 24.6. The number of carbonyl (C=O) groups is 2. The molecule has 1 aliphatic carbocycles. The second kappa shape index (κ2) is 6.48. The van der Waals surface area contributed by atoms with Gasteiger partial charge in [-0.2, -0.15) is 0 Å². The summed E-state index contributed by atoms with van der Waals surface area (Å²) in [5, 5.41) is 9.34. The Labute approximate surface area is 155 Å². The molecule has 0 unspecified atom stereocenters. The molecule has 7 nitrogen and oxygen atoms in total. The third kappa shape index (κ3) is 4.05. The fraction of sp³-hybridized carbons (Fsp3) is 0.588. The van der Waals surface area contributed by atoms with Gasteiger partial charge in [-0.25, -0.2) is 19.5 Å². The molecule has 1 saturated heterocycles. The Morgan fingerprint density at radius 3 is 2.48 bits per heavy atom. The molecule has 0 bridgehead atoms. The number of halogens is 1. The third-order valence-corrected chi connectivity index (χ3v) is 5.11. The van der Waals surface area contributed by atoms with Gasteiger partial charge in [-0.1, -0.05) is 0 Å². The molecule has 25 heavy (non-hydrogen) atoms. The van der Waals surface area contributed by atoms with Crippen LogP contribution in [0.1, 0.15) is 20.8 Å². The minimum atomic E-state index is -1.26. The van der Waals surface area contributed by atoms with Crippen LogP contribution in [-0.4, -0.2) is 52.4 Å². The van der Waals surface area contributed by atoms with Gasteiger partial charge in [0.25, 0.3) is 0 Å². The lowest BCUT2D eigenvalue weighted by Crippen LogP contribution is -2.42. The first-order valence-corrected chi connectivity index (χ1v) is 9.05. The summed E-state index contributed by atoms with van der Waals surface area (Å²) in [6.45, 7) is 7.04. The lowest BCUT2D eigenvalue weighted by Gasteiger charge is -2.26. The first kappa shape index (κ1) is 18.0. The van der Waals surface area contributed by atoms with Crippen molar-refractivity contribution in [3.63, 3.8) is 0 Å². The van der Waals surface area contributed by atoms with Crippen LogP contribution in [0.25, 0.3) is 0 Å². The lowest BCUT2D eigenvalue weighted by atomic mass is 10.2. The number of carboxylic acid groups (broad SMARTS) is 1. The molecule has 2 fully saturated rings. The lowest BCUT2D eigenvalue weighted by molar-refractivity contribution is 0.0257. The van der Waals surface area contributed by atoms with Gasteiger partial charge >= 0.3 is 12.2 Å². The van der Waals surface area contributed by atoms with Crippen molar-refractivity contribution in [2.45, 2.75) is 26.4 Å². The number of pyridine rings is 1. The van der Waals surface area contributed by atoms with E-state index in [1.54, 1.807) is 27.0 Å². The number of fused-ring (bicyclic) bond motifs is 1. The highest BCUT2D eigenvalue weighted by atomic mass is 79.9. The molecule has 1 saturated carbocycles. The fourth-order valence-corrected chi connectivity index (χ4v) is 3.66. The van der Waals surface area contributed by atoms with Crippen LogP contribution in [0, 0.1) is 17.8 Å². The number of carbonyl (C=O) groups excluding carboxylic acids is 1. The van der Waals surface area contributed by atoms with E-state index < -0.39 is 17.8 Å². The van der Waals surface area contributed by atoms with Gasteiger partial charge in [0.15, 0.2) is 0 Å². The number of piperidine rings is 1. The predicted molar refractivity (Wildman–Crippen MR) is 95.6 cm³/mol. The molecule has 1 aliphatic heterocycles. The molecule has 1 aromatic rings. The van der Waals surface area contributed by atoms with Gasteiger partial charge in [-0.05, 0) is 66.6 Å². The Morgan fingerprint density at radius 2 is 2.00 bits per heavy atom. The molecule has 3 rings (SSSR count). The van der Waals surface area contributed by atoms with Gasteiger partial charge in [0, 0.05) is 30.3 Å². The highest BCUT2D eigenvalue weighted by Crippen LogP contribution is 2.52. The molecule has 8 heteroatoms. The summed E-state index contributed by atoms with van der Waals surface area (Å²) in [6.07, 6.45) is -0.284. The average Bonchev–Trinajstić information content (AvgIpc) is 2.93. The van der Waals surface area contributed by atoms with Crippen molar-refractivity contribution in [3.05, 3.63) is 22.8 Å². The maximum atomic E-state index is 12.1. The molecule has 0 spiro atoms. The monoisotopic (exact) mass is 411 g/mol. The van der Waals surface area contributed by atoms with E-state index in [1.165, 1.54) is 0 Å². The summed E-state index contributed by atoms with van der Waals surface area (Å²) < 4.78 is 6.13. The van der Waals surface area contributed by atoms with Crippen LogP contribution in [-0.2, 0) is 4.74 Å². The summed E-state index contributed by atoms with van der Waals surface area (Å²) in [6, 6.07) is 3.92. The van der Waals surface area contributed by atoms with E-state index in [1.807, 2.05) is 12.1 Å². The Hall–Kier alpha value is -1.83. The van der Waals surface area contributed by atoms with Crippen LogP contribution in [0.3, 0.4) is 0 Å². The van der Waals surface area contributed by atoms with Crippen molar-refractivity contribution >= 4 is 33.9 Å². The number of ether oxygens (including phenoxy) is 1. The summed E-state index contributed by atoms with van der Waals surface area (Å²) in [4.78, 5) is 30.9. The van der Waals surface area contributed by atoms with E-state index >= 15 is 0 Å². The van der Waals surface area contributed by atoms with Gasteiger partial charge in [0.05, 0.1) is 0 Å². The summed E-state index contributed by atoms with van der Waals surface area (Å²) in [5.41, 5.74) is -0.714. The van der Waals surface area contributed by atoms with Crippen molar-refractivity contribution in [2.24, 2.45) is 17.8 Å². The molecule has 136 valence electrons. The second-order valence-corrected chi connectivity index (χ2v) is 8.52. The Morgan fingerprint density at radius 1 is 1.36 bits per heavy atom. The quantitative estimate of drug-likeness (QED) is 0.819. The van der Waals surface area contributed by atoms with Crippen LogP contribution in [0.4, 0.5) is 15.4 Å². The van der Waals surface area contributed by atoms with Crippen LogP contribution < -0.4 is 4.90 Å². The molecule has 1 aromatic heterocycles. The van der Waals surface area contributed by atoms with Crippen molar-refractivity contribution in [3.8, 4) is 0 Å². The van der Waals surface area contributed by atoms with Crippen LogP contribution in [0.2, 0.25) is 0 Å². The van der Waals surface area contributed by atoms with E-state index in [4.69, 9.17) is 4.74 Å². The van der Waals surface area contributed by atoms with Crippen molar-refractivity contribution in [1.29, 1.82) is 0 Å². The molecule has 2 aliphatic rings. The molecule has 0 aromatic carbocycles. The number of hydrogen-bond donors (Lipinski definition) is 1. The van der Waals surface area contributed by atoms with Gasteiger partial charge < -0.3 is 14.7 Å². The van der Waals surface area contributed by atoms with Crippen LogP contribution in [0.15, 0.2) is 22.8 Å². The molecule has 1 N–H and O–H groups in total. The average molecular weight is 412 g/mol. The number of nitrogens with zero attached hydrogens (tertiary/aromatic N) is 3. The molecular weight excluding hydrogens is 390 g/mol. The zero-order valence-electron chi connectivity index (χ0n) is 14.5. The summed E-state index contributed by atoms with van der Waals surface area (Å²) >= 11 is 3.37. The Balaban J connectivity index is 1.56. The zero-order chi connectivity index (χ0) is 18.4. The van der Waals surface area contributed by atoms with E-state index in [-0.39, 0.29) is 12.5 Å². The van der Waals surface area contributed by atoms with Gasteiger partial charge in [-0.15, -0.1) is 0 Å². The van der Waals surface area contributed by atoms with E-state index in [9.17, 15) is 14.7 Å². The highest BCUT2D eigenvalue weighted by Gasteiger charge is 2.57. The minimum absolute atomic E-state index is 0.196. The second-order valence-electron chi connectivity index (χ2n) is 7.60. The number of rotatable bonds is 3. The first-order chi connectivity index (χ1) is 11.7. The van der Waals surface area contributed by atoms with Crippen molar-refractivity contribution in [2.75, 3.05) is 24.5 Å². The molecule has 2 heterocycles. The van der Waals surface area contributed by atoms with Crippen molar-refractivity contribution in [1.82, 2.24) is 9.88 Å². The molecule has 2 amide bonds. The molecular formula is C17H22BrN3O4. The first-order valence-electron chi connectivity index (χ1n) is 8.25. The van der Waals surface area contributed by atoms with Gasteiger partial charge in [0.1, 0.15) is 11.4 Å². The number of imide groups is 1. The van der Waals surface area contributed by atoms with E-state index in [0.29, 0.717) is 11.8 Å². The van der Waals surface area contributed by atoms with Crippen LogP contribution in [0.5, 0.6) is 0 Å². The third-order valence-electron chi connectivity index (χ3n) is 4.65. The Bertz CT molecular complexity index is 661. The molecule has 3 atom stereocenters. The maximum Gasteiger partial charge on any atom is 0.419 e. The van der Waals surface area contributed by atoms with Gasteiger partial charge in [0.2, 0.25) is 0 Å². The van der Waals surface area contributed by atoms with E-state index in [0.717, 1.165) is 28.3 Å². The van der Waals surface area contributed by atoms with Crippen molar-refractivity contribution < 1.29 is 19.4 Å². The largest absolute Gasteiger partial charge is 0.465 e. The standard InChI is InChI=1S/C17H22BrN3O4/c1-17(2,3)25-16(24)21(15(22)23)9-13-11-7-20(8-12(11)13)14-5-4-10(18)6-19-14/h4-6,11-13H,7-9H2,1-3H3,(H,22,23)/t11-,12+,13+. The number of aromatic nitrogens is 1.